The Labute approximate surface area is 116 Å². The summed E-state index contributed by atoms with van der Waals surface area (Å²) in [4.78, 5) is 0. The van der Waals surface area contributed by atoms with Gasteiger partial charge in [0.1, 0.15) is 0 Å². The Morgan fingerprint density at radius 1 is 1.16 bits per heavy atom. The first-order valence-corrected chi connectivity index (χ1v) is 7.04. The summed E-state index contributed by atoms with van der Waals surface area (Å²) < 4.78 is 0. The van der Waals surface area contributed by atoms with Gasteiger partial charge in [-0.1, -0.05) is 50.3 Å². The fourth-order valence-electron chi connectivity index (χ4n) is 2.43. The molecule has 1 atom stereocenters. The number of nitrogens with two attached hydrogens (primary N) is 1. The van der Waals surface area contributed by atoms with Crippen LogP contribution in [0.15, 0.2) is 59.9 Å². The summed E-state index contributed by atoms with van der Waals surface area (Å²) in [5.41, 5.74) is 8.54. The first-order valence-electron chi connectivity index (χ1n) is 7.04. The highest BCUT2D eigenvalue weighted by atomic mass is 15.0. The molecule has 0 aliphatic heterocycles. The van der Waals surface area contributed by atoms with Gasteiger partial charge in [-0.2, -0.15) is 0 Å². The summed E-state index contributed by atoms with van der Waals surface area (Å²) in [6.45, 7) is 5.39. The van der Waals surface area contributed by atoms with Crippen molar-refractivity contribution >= 4 is 0 Å². The summed E-state index contributed by atoms with van der Waals surface area (Å²) >= 11 is 0. The SMILES string of the molecule is CC(C)(CCCN)C1=CC1NC1=C/C=C\C=C/C=C\1. The number of nitrogens with one attached hydrogen (secondary N) is 1. The molecule has 0 heterocycles. The van der Waals surface area contributed by atoms with Crippen molar-refractivity contribution in [2.24, 2.45) is 11.1 Å². The third kappa shape index (κ3) is 3.97. The molecule has 0 aromatic rings. The van der Waals surface area contributed by atoms with Crippen LogP contribution in [0.4, 0.5) is 0 Å². The molecule has 2 nitrogen and oxygen atoms in total. The van der Waals surface area contributed by atoms with Crippen LogP contribution in [0.3, 0.4) is 0 Å². The standard InChI is InChI=1S/C17H24N2/c1-17(2,11-8-12-18)15-13-16(15)19-14-9-6-4-3-5-7-10-14/h3-7,9-10,13,16,19H,8,11-12,18H2,1-2H3/b4-3-,5-3?,6-4?,7-5-,9-6-,10-7?,14-9?,14-10+. The van der Waals surface area contributed by atoms with Gasteiger partial charge < -0.3 is 11.1 Å². The monoisotopic (exact) mass is 256 g/mol. The first kappa shape index (κ1) is 13.9. The molecule has 0 fully saturated rings. The second-order valence-corrected chi connectivity index (χ2v) is 5.77. The van der Waals surface area contributed by atoms with Gasteiger partial charge in [-0.25, -0.2) is 0 Å². The van der Waals surface area contributed by atoms with E-state index in [0.29, 0.717) is 6.04 Å². The Balaban J connectivity index is 1.87. The molecule has 102 valence electrons. The van der Waals surface area contributed by atoms with Gasteiger partial charge in [-0.15, -0.1) is 0 Å². The quantitative estimate of drug-likeness (QED) is 0.716. The highest BCUT2D eigenvalue weighted by molar-refractivity contribution is 5.43. The number of hydrogen-bond donors (Lipinski definition) is 2. The van der Waals surface area contributed by atoms with Gasteiger partial charge in [-0.3, -0.25) is 0 Å². The molecule has 0 radical (unpaired) electrons. The lowest BCUT2D eigenvalue weighted by molar-refractivity contribution is 0.399. The fraction of sp³-hybridized carbons (Fsp3) is 0.412. The number of allylic oxidation sites excluding steroid dienone is 7. The van der Waals surface area contributed by atoms with E-state index in [1.165, 1.54) is 5.57 Å². The van der Waals surface area contributed by atoms with Crippen LogP contribution in [-0.2, 0) is 0 Å². The van der Waals surface area contributed by atoms with Crippen molar-refractivity contribution < 1.29 is 0 Å². The van der Waals surface area contributed by atoms with Gasteiger partial charge in [0.25, 0.3) is 0 Å². The highest BCUT2D eigenvalue weighted by Crippen LogP contribution is 2.42. The molecule has 0 saturated heterocycles. The molecule has 0 aromatic heterocycles. The van der Waals surface area contributed by atoms with Crippen molar-refractivity contribution in [3.63, 3.8) is 0 Å². The van der Waals surface area contributed by atoms with E-state index in [4.69, 9.17) is 5.73 Å². The molecule has 3 N–H and O–H groups in total. The van der Waals surface area contributed by atoms with Crippen LogP contribution in [0, 0.1) is 5.41 Å². The van der Waals surface area contributed by atoms with Gasteiger partial charge in [0.2, 0.25) is 0 Å². The van der Waals surface area contributed by atoms with Gasteiger partial charge in [-0.05, 0) is 42.5 Å². The van der Waals surface area contributed by atoms with Gasteiger partial charge in [0.15, 0.2) is 0 Å². The number of rotatable bonds is 6. The maximum absolute atomic E-state index is 5.61. The number of hydrogen-bond acceptors (Lipinski definition) is 2. The zero-order valence-electron chi connectivity index (χ0n) is 11.9. The second-order valence-electron chi connectivity index (χ2n) is 5.77. The van der Waals surface area contributed by atoms with Crippen LogP contribution in [0.1, 0.15) is 26.7 Å². The lowest BCUT2D eigenvalue weighted by Crippen LogP contribution is -2.23. The topological polar surface area (TPSA) is 38.0 Å². The van der Waals surface area contributed by atoms with Crippen molar-refractivity contribution in [3.05, 3.63) is 59.9 Å². The Morgan fingerprint density at radius 3 is 2.68 bits per heavy atom. The third-order valence-electron chi connectivity index (χ3n) is 3.68. The molecule has 0 aromatic carbocycles. The van der Waals surface area contributed by atoms with E-state index in [1.54, 1.807) is 0 Å². The van der Waals surface area contributed by atoms with E-state index in [0.717, 1.165) is 25.1 Å². The molecule has 2 heteroatoms. The van der Waals surface area contributed by atoms with Crippen molar-refractivity contribution in [3.8, 4) is 0 Å². The summed E-state index contributed by atoms with van der Waals surface area (Å²) in [6, 6.07) is 0.417. The van der Waals surface area contributed by atoms with Crippen molar-refractivity contribution in [2.75, 3.05) is 6.54 Å². The molecule has 0 amide bonds. The molecule has 1 unspecified atom stereocenters. The Kier molecular flexibility index (Phi) is 4.43. The minimum atomic E-state index is 0.263. The minimum Gasteiger partial charge on any atom is -0.375 e. The van der Waals surface area contributed by atoms with Crippen molar-refractivity contribution in [2.45, 2.75) is 32.7 Å². The highest BCUT2D eigenvalue weighted by Gasteiger charge is 2.36. The molecule has 2 rings (SSSR count). The van der Waals surface area contributed by atoms with Gasteiger partial charge in [0, 0.05) is 5.70 Å². The van der Waals surface area contributed by atoms with Crippen LogP contribution in [0.25, 0.3) is 0 Å². The van der Waals surface area contributed by atoms with Crippen molar-refractivity contribution in [1.82, 2.24) is 5.32 Å². The smallest absolute Gasteiger partial charge is 0.0667 e. The van der Waals surface area contributed by atoms with E-state index < -0.39 is 0 Å². The predicted octanol–water partition coefficient (Wildman–Crippen LogP) is 3.22. The Morgan fingerprint density at radius 2 is 1.89 bits per heavy atom. The van der Waals surface area contributed by atoms with Gasteiger partial charge in [0.05, 0.1) is 6.04 Å². The normalized spacial score (nSPS) is 29.3. The van der Waals surface area contributed by atoms with E-state index in [1.807, 2.05) is 18.2 Å². The second kappa shape index (κ2) is 6.07. The maximum Gasteiger partial charge on any atom is 0.0667 e. The summed E-state index contributed by atoms with van der Waals surface area (Å²) in [7, 11) is 0. The summed E-state index contributed by atoms with van der Waals surface area (Å²) in [5, 5.41) is 3.56. The Hall–Kier alpha value is -1.54. The van der Waals surface area contributed by atoms with E-state index in [2.05, 4.69) is 49.5 Å². The molecule has 0 saturated carbocycles. The van der Waals surface area contributed by atoms with E-state index in [-0.39, 0.29) is 5.41 Å². The zero-order chi connectivity index (χ0) is 13.7. The van der Waals surface area contributed by atoms with Crippen LogP contribution >= 0.6 is 0 Å². The lowest BCUT2D eigenvalue weighted by Gasteiger charge is -2.23. The fourth-order valence-corrected chi connectivity index (χ4v) is 2.43. The third-order valence-corrected chi connectivity index (χ3v) is 3.68. The molecule has 2 aliphatic carbocycles. The Bertz CT molecular complexity index is 462. The predicted molar refractivity (Wildman–Crippen MR) is 82.6 cm³/mol. The molecular weight excluding hydrogens is 232 g/mol. The van der Waals surface area contributed by atoms with Crippen LogP contribution < -0.4 is 11.1 Å². The van der Waals surface area contributed by atoms with E-state index in [9.17, 15) is 0 Å². The molecular formula is C17H24N2. The largest absolute Gasteiger partial charge is 0.375 e. The zero-order valence-corrected chi connectivity index (χ0v) is 11.9. The van der Waals surface area contributed by atoms with Crippen molar-refractivity contribution in [1.29, 1.82) is 0 Å². The molecule has 2 aliphatic rings. The summed E-state index contributed by atoms with van der Waals surface area (Å²) in [6.07, 6.45) is 19.0. The summed E-state index contributed by atoms with van der Waals surface area (Å²) in [5.74, 6) is 0. The average Bonchev–Trinajstić information content (AvgIpc) is 3.10. The molecule has 0 bridgehead atoms. The maximum atomic E-state index is 5.61. The van der Waals surface area contributed by atoms with Crippen LogP contribution in [0.5, 0.6) is 0 Å². The van der Waals surface area contributed by atoms with Crippen LogP contribution in [-0.4, -0.2) is 12.6 Å². The molecule has 0 spiro atoms. The average molecular weight is 256 g/mol. The first-order chi connectivity index (χ1) is 9.13. The van der Waals surface area contributed by atoms with Gasteiger partial charge >= 0.3 is 0 Å². The van der Waals surface area contributed by atoms with E-state index >= 15 is 0 Å². The minimum absolute atomic E-state index is 0.263. The molecule has 19 heavy (non-hydrogen) atoms. The lowest BCUT2D eigenvalue weighted by atomic mass is 9.84. The van der Waals surface area contributed by atoms with Crippen LogP contribution in [0.2, 0.25) is 0 Å².